The zero-order valence-electron chi connectivity index (χ0n) is 11.3. The molecule has 4 heteroatoms. The van der Waals surface area contributed by atoms with Crippen LogP contribution in [0.5, 0.6) is 11.5 Å². The second-order valence-corrected chi connectivity index (χ2v) is 5.16. The molecule has 3 nitrogen and oxygen atoms in total. The van der Waals surface area contributed by atoms with Crippen molar-refractivity contribution >= 4 is 20.7 Å². The van der Waals surface area contributed by atoms with Crippen molar-refractivity contribution in [3.05, 3.63) is 60.2 Å². The molecule has 0 N–H and O–H groups in total. The molecule has 0 radical (unpaired) electrons. The van der Waals surface area contributed by atoms with Crippen LogP contribution in [0.1, 0.15) is 5.56 Å². The van der Waals surface area contributed by atoms with E-state index >= 15 is 0 Å². The maximum atomic E-state index is 11.0. The van der Waals surface area contributed by atoms with E-state index in [4.69, 9.17) is 4.74 Å². The number of rotatable bonds is 5. The minimum absolute atomic E-state index is 0.0958. The van der Waals surface area contributed by atoms with Gasteiger partial charge in [0.1, 0.15) is 11.5 Å². The van der Waals surface area contributed by atoms with E-state index in [9.17, 15) is 4.79 Å². The lowest BCUT2D eigenvalue weighted by Gasteiger charge is -2.13. The Kier molecular flexibility index (Phi) is 5.18. The van der Waals surface area contributed by atoms with Gasteiger partial charge in [0.2, 0.25) is 0 Å². The zero-order valence-corrected chi connectivity index (χ0v) is 12.8. The van der Waals surface area contributed by atoms with E-state index in [2.05, 4.69) is 15.9 Å². The summed E-state index contributed by atoms with van der Waals surface area (Å²) >= 11 is 2.93. The van der Waals surface area contributed by atoms with Gasteiger partial charge in [0.25, 0.3) is 4.82 Å². The molecular weight excluding hydrogens is 318 g/mol. The number of nitrogens with zero attached hydrogens (tertiary/aromatic N) is 1. The molecule has 0 heterocycles. The van der Waals surface area contributed by atoms with E-state index in [-0.39, 0.29) is 4.82 Å². The number of likely N-dealkylation sites (N-methyl/N-ethyl adjacent to an activating group) is 1. The molecule has 20 heavy (non-hydrogen) atoms. The molecule has 104 valence electrons. The van der Waals surface area contributed by atoms with Gasteiger partial charge in [-0.05, 0) is 36.2 Å². The molecule has 1 amide bonds. The molecule has 0 fully saturated rings. The minimum Gasteiger partial charge on any atom is -0.457 e. The number of hydrogen-bond acceptors (Lipinski definition) is 2. The first kappa shape index (κ1) is 14.6. The fourth-order valence-electron chi connectivity index (χ4n) is 1.73. The second-order valence-electron chi connectivity index (χ2n) is 4.48. The van der Waals surface area contributed by atoms with Gasteiger partial charge in [-0.2, -0.15) is 0 Å². The summed E-state index contributed by atoms with van der Waals surface area (Å²) in [4.78, 5) is 12.6. The normalized spacial score (nSPS) is 10.1. The Morgan fingerprint density at radius 2 is 1.65 bits per heavy atom. The summed E-state index contributed by atoms with van der Waals surface area (Å²) in [6.07, 6.45) is 0.819. The fraction of sp³-hybridized carbons (Fsp3) is 0.188. The van der Waals surface area contributed by atoms with Crippen molar-refractivity contribution in [2.45, 2.75) is 6.42 Å². The molecule has 2 aromatic carbocycles. The fourth-order valence-corrected chi connectivity index (χ4v) is 1.91. The van der Waals surface area contributed by atoms with E-state index in [0.717, 1.165) is 17.9 Å². The van der Waals surface area contributed by atoms with E-state index in [1.807, 2.05) is 54.6 Å². The van der Waals surface area contributed by atoms with Gasteiger partial charge in [-0.25, -0.2) is 0 Å². The third-order valence-electron chi connectivity index (χ3n) is 2.94. The lowest BCUT2D eigenvalue weighted by Crippen LogP contribution is -2.23. The van der Waals surface area contributed by atoms with Crippen LogP contribution < -0.4 is 4.74 Å². The number of benzene rings is 2. The first-order chi connectivity index (χ1) is 9.65. The molecule has 2 aromatic rings. The highest BCUT2D eigenvalue weighted by atomic mass is 79.9. The van der Waals surface area contributed by atoms with Gasteiger partial charge in [0.15, 0.2) is 0 Å². The predicted octanol–water partition coefficient (Wildman–Crippen LogP) is 4.47. The van der Waals surface area contributed by atoms with Gasteiger partial charge in [-0.15, -0.1) is 0 Å². The van der Waals surface area contributed by atoms with Crippen LogP contribution in [0, 0.1) is 0 Å². The van der Waals surface area contributed by atoms with Crippen molar-refractivity contribution in [2.75, 3.05) is 13.6 Å². The molecule has 0 aliphatic rings. The predicted molar refractivity (Wildman–Crippen MR) is 83.6 cm³/mol. The summed E-state index contributed by atoms with van der Waals surface area (Å²) in [5.41, 5.74) is 1.17. The highest BCUT2D eigenvalue weighted by molar-refractivity contribution is 9.18. The monoisotopic (exact) mass is 333 g/mol. The van der Waals surface area contributed by atoms with Crippen LogP contribution in [0.25, 0.3) is 0 Å². The highest BCUT2D eigenvalue weighted by Gasteiger charge is 2.04. The molecule has 0 aromatic heterocycles. The topological polar surface area (TPSA) is 29.5 Å². The van der Waals surface area contributed by atoms with Crippen LogP contribution in [0.4, 0.5) is 4.79 Å². The number of para-hydroxylation sites is 1. The Bertz CT molecular complexity index is 554. The van der Waals surface area contributed by atoms with Crippen LogP contribution in [0.3, 0.4) is 0 Å². The van der Waals surface area contributed by atoms with Crippen LogP contribution in [0.15, 0.2) is 54.6 Å². The number of hydrogen-bond donors (Lipinski definition) is 0. The van der Waals surface area contributed by atoms with Gasteiger partial charge in [-0.1, -0.05) is 30.3 Å². The van der Waals surface area contributed by atoms with Gasteiger partial charge in [0.05, 0.1) is 0 Å². The standard InChI is InChI=1S/C16H16BrNO2/c1-18(16(17)19)12-11-13-7-9-15(10-8-13)20-14-5-3-2-4-6-14/h2-10H,11-12H2,1H3. The molecular formula is C16H16BrNO2. The van der Waals surface area contributed by atoms with E-state index < -0.39 is 0 Å². The Morgan fingerprint density at radius 3 is 2.25 bits per heavy atom. The first-order valence-corrected chi connectivity index (χ1v) is 7.17. The molecule has 0 aliphatic carbocycles. The number of halogens is 1. The summed E-state index contributed by atoms with van der Waals surface area (Å²) in [5, 5.41) is 0. The van der Waals surface area contributed by atoms with Crippen molar-refractivity contribution < 1.29 is 9.53 Å². The Hall–Kier alpha value is -1.81. The summed E-state index contributed by atoms with van der Waals surface area (Å²) in [6.45, 7) is 0.684. The Morgan fingerprint density at radius 1 is 1.05 bits per heavy atom. The zero-order chi connectivity index (χ0) is 14.4. The van der Waals surface area contributed by atoms with Gasteiger partial charge >= 0.3 is 0 Å². The van der Waals surface area contributed by atoms with Crippen LogP contribution in [-0.4, -0.2) is 23.3 Å². The molecule has 0 spiro atoms. The number of ether oxygens (including phenoxy) is 1. The van der Waals surface area contributed by atoms with Crippen molar-refractivity contribution in [2.24, 2.45) is 0 Å². The van der Waals surface area contributed by atoms with Crippen molar-refractivity contribution in [1.29, 1.82) is 0 Å². The molecule has 2 rings (SSSR count). The molecule has 0 aliphatic heterocycles. The van der Waals surface area contributed by atoms with Crippen LogP contribution in [-0.2, 0) is 6.42 Å². The van der Waals surface area contributed by atoms with Gasteiger partial charge in [-0.3, -0.25) is 4.79 Å². The third-order valence-corrected chi connectivity index (χ3v) is 3.54. The summed E-state index contributed by atoms with van der Waals surface area (Å²) in [6, 6.07) is 17.6. The minimum atomic E-state index is -0.0958. The van der Waals surface area contributed by atoms with Gasteiger partial charge < -0.3 is 9.64 Å². The van der Waals surface area contributed by atoms with E-state index in [1.165, 1.54) is 5.56 Å². The second kappa shape index (κ2) is 7.10. The van der Waals surface area contributed by atoms with Crippen molar-refractivity contribution in [3.8, 4) is 11.5 Å². The lowest BCUT2D eigenvalue weighted by molar-refractivity contribution is 0.235. The summed E-state index contributed by atoms with van der Waals surface area (Å²) in [5.74, 6) is 1.63. The number of carbonyl (C=O) groups is 1. The molecule has 0 bridgehead atoms. The van der Waals surface area contributed by atoms with Crippen LogP contribution in [0.2, 0.25) is 0 Å². The maximum Gasteiger partial charge on any atom is 0.289 e. The first-order valence-electron chi connectivity index (χ1n) is 6.37. The Labute approximate surface area is 127 Å². The maximum absolute atomic E-state index is 11.0. The van der Waals surface area contributed by atoms with E-state index in [1.54, 1.807) is 11.9 Å². The average molecular weight is 334 g/mol. The largest absolute Gasteiger partial charge is 0.457 e. The molecule has 0 atom stereocenters. The summed E-state index contributed by atoms with van der Waals surface area (Å²) < 4.78 is 5.73. The molecule has 0 saturated heterocycles. The third kappa shape index (κ3) is 4.38. The van der Waals surface area contributed by atoms with Crippen molar-refractivity contribution in [1.82, 2.24) is 4.90 Å². The number of carbonyl (C=O) groups excluding carboxylic acids is 1. The SMILES string of the molecule is CN(CCc1ccc(Oc2ccccc2)cc1)C(=O)Br. The quantitative estimate of drug-likeness (QED) is 0.596. The summed E-state index contributed by atoms with van der Waals surface area (Å²) in [7, 11) is 1.77. The lowest BCUT2D eigenvalue weighted by atomic mass is 10.1. The van der Waals surface area contributed by atoms with Gasteiger partial charge in [0, 0.05) is 29.5 Å². The molecule has 0 unspecified atom stereocenters. The molecule has 0 saturated carbocycles. The van der Waals surface area contributed by atoms with Crippen LogP contribution >= 0.6 is 15.9 Å². The smallest absolute Gasteiger partial charge is 0.289 e. The Balaban J connectivity index is 1.91. The average Bonchev–Trinajstić information content (AvgIpc) is 2.47. The van der Waals surface area contributed by atoms with Crippen molar-refractivity contribution in [3.63, 3.8) is 0 Å². The highest BCUT2D eigenvalue weighted by Crippen LogP contribution is 2.21. The number of amides is 1. The van der Waals surface area contributed by atoms with E-state index in [0.29, 0.717) is 6.54 Å².